The van der Waals surface area contributed by atoms with E-state index in [9.17, 15) is 13.2 Å². The van der Waals surface area contributed by atoms with Crippen LogP contribution in [0.5, 0.6) is 5.88 Å². The number of fused-ring (bicyclic) bond motifs is 1. The summed E-state index contributed by atoms with van der Waals surface area (Å²) in [4.78, 5) is 6.02. The van der Waals surface area contributed by atoms with Gasteiger partial charge in [-0.05, 0) is 37.0 Å². The molecular formula is C18H16F3N7O. The third-order valence-electron chi connectivity index (χ3n) is 4.77. The van der Waals surface area contributed by atoms with Crippen LogP contribution < -0.4 is 9.64 Å². The largest absolute Gasteiger partial charge is 0.477 e. The van der Waals surface area contributed by atoms with E-state index in [-0.39, 0.29) is 11.6 Å². The second-order valence-corrected chi connectivity index (χ2v) is 6.72. The van der Waals surface area contributed by atoms with Gasteiger partial charge in [0.15, 0.2) is 5.65 Å². The molecule has 11 heteroatoms. The van der Waals surface area contributed by atoms with Crippen LogP contribution in [0.25, 0.3) is 5.65 Å². The lowest BCUT2D eigenvalue weighted by atomic mass is 9.98. The Hall–Kier alpha value is -3.42. The van der Waals surface area contributed by atoms with E-state index in [4.69, 9.17) is 10.00 Å². The summed E-state index contributed by atoms with van der Waals surface area (Å²) in [5, 5.41) is 19.7. The monoisotopic (exact) mass is 403 g/mol. The van der Waals surface area contributed by atoms with E-state index in [1.54, 1.807) is 18.2 Å². The summed E-state index contributed by atoms with van der Waals surface area (Å²) in [6.07, 6.45) is -1.50. The summed E-state index contributed by atoms with van der Waals surface area (Å²) in [5.41, 5.74) is 0.537. The average molecular weight is 403 g/mol. The number of anilines is 1. The summed E-state index contributed by atoms with van der Waals surface area (Å²) in [7, 11) is 0. The molecule has 1 saturated heterocycles. The SMILES string of the molecule is N#Cc1ccnc(OCC2CCN(c3ccc4nnc(C(F)(F)F)n4n3)CC2)c1. The molecule has 3 aromatic rings. The van der Waals surface area contributed by atoms with Gasteiger partial charge in [-0.1, -0.05) is 0 Å². The van der Waals surface area contributed by atoms with Crippen LogP contribution in [0, 0.1) is 17.2 Å². The number of ether oxygens (including phenoxy) is 1. The van der Waals surface area contributed by atoms with Crippen molar-refractivity contribution in [2.45, 2.75) is 19.0 Å². The van der Waals surface area contributed by atoms with Crippen LogP contribution >= 0.6 is 0 Å². The molecule has 4 rings (SSSR count). The van der Waals surface area contributed by atoms with Crippen molar-refractivity contribution < 1.29 is 17.9 Å². The van der Waals surface area contributed by atoms with Gasteiger partial charge < -0.3 is 9.64 Å². The van der Waals surface area contributed by atoms with Gasteiger partial charge in [0, 0.05) is 25.4 Å². The first-order chi connectivity index (χ1) is 13.9. The smallest absolute Gasteiger partial charge is 0.453 e. The highest BCUT2D eigenvalue weighted by molar-refractivity contribution is 5.46. The number of alkyl halides is 3. The minimum Gasteiger partial charge on any atom is -0.477 e. The maximum Gasteiger partial charge on any atom is 0.453 e. The van der Waals surface area contributed by atoms with Crippen LogP contribution in [0.1, 0.15) is 24.2 Å². The third-order valence-corrected chi connectivity index (χ3v) is 4.77. The standard InChI is InChI=1S/C18H16F3N7O/c19-18(20,21)17-25-24-14-1-2-15(26-28(14)17)27-7-4-12(5-8-27)11-29-16-9-13(10-22)3-6-23-16/h1-3,6,9,12H,4-5,7-8,11H2. The fourth-order valence-electron chi connectivity index (χ4n) is 3.21. The lowest BCUT2D eigenvalue weighted by Gasteiger charge is -2.32. The molecule has 4 heterocycles. The number of hydrogen-bond acceptors (Lipinski definition) is 7. The fraction of sp³-hybridized carbons (Fsp3) is 0.389. The quantitative estimate of drug-likeness (QED) is 0.661. The molecule has 0 radical (unpaired) electrons. The predicted molar refractivity (Wildman–Crippen MR) is 95.2 cm³/mol. The van der Waals surface area contributed by atoms with E-state index >= 15 is 0 Å². The number of aromatic nitrogens is 5. The van der Waals surface area contributed by atoms with Gasteiger partial charge in [0.2, 0.25) is 5.88 Å². The zero-order valence-corrected chi connectivity index (χ0v) is 15.2. The zero-order chi connectivity index (χ0) is 20.4. The van der Waals surface area contributed by atoms with Crippen LogP contribution in [-0.2, 0) is 6.18 Å². The Morgan fingerprint density at radius 2 is 1.97 bits per heavy atom. The number of nitrogens with zero attached hydrogens (tertiary/aromatic N) is 7. The minimum absolute atomic E-state index is 0.0523. The first kappa shape index (κ1) is 18.9. The number of hydrogen-bond donors (Lipinski definition) is 0. The van der Waals surface area contributed by atoms with E-state index in [0.29, 0.717) is 37.0 Å². The van der Waals surface area contributed by atoms with Gasteiger partial charge in [0.05, 0.1) is 18.2 Å². The molecule has 1 aliphatic rings. The Morgan fingerprint density at radius 1 is 1.17 bits per heavy atom. The van der Waals surface area contributed by atoms with E-state index in [2.05, 4.69) is 20.3 Å². The van der Waals surface area contributed by atoms with Gasteiger partial charge in [0.1, 0.15) is 5.82 Å². The fourth-order valence-corrected chi connectivity index (χ4v) is 3.21. The van der Waals surface area contributed by atoms with E-state index < -0.39 is 12.0 Å². The van der Waals surface area contributed by atoms with Gasteiger partial charge in [-0.15, -0.1) is 15.3 Å². The number of pyridine rings is 1. The van der Waals surface area contributed by atoms with Crippen LogP contribution in [0.2, 0.25) is 0 Å². The Kier molecular flexibility index (Phi) is 4.92. The van der Waals surface area contributed by atoms with Crippen LogP contribution in [0.3, 0.4) is 0 Å². The van der Waals surface area contributed by atoms with Crippen molar-refractivity contribution in [3.63, 3.8) is 0 Å². The molecule has 0 atom stereocenters. The Balaban J connectivity index is 1.38. The second-order valence-electron chi connectivity index (χ2n) is 6.72. The molecule has 0 N–H and O–H groups in total. The average Bonchev–Trinajstić information content (AvgIpc) is 3.16. The molecule has 0 bridgehead atoms. The summed E-state index contributed by atoms with van der Waals surface area (Å²) in [6, 6.07) is 8.36. The molecule has 0 aliphatic carbocycles. The Labute approximate surface area is 163 Å². The zero-order valence-electron chi connectivity index (χ0n) is 15.2. The first-order valence-electron chi connectivity index (χ1n) is 8.97. The summed E-state index contributed by atoms with van der Waals surface area (Å²) >= 11 is 0. The minimum atomic E-state index is -4.62. The molecule has 8 nitrogen and oxygen atoms in total. The molecule has 3 aromatic heterocycles. The highest BCUT2D eigenvalue weighted by Gasteiger charge is 2.37. The molecule has 29 heavy (non-hydrogen) atoms. The van der Waals surface area contributed by atoms with Crippen LogP contribution in [-0.4, -0.2) is 44.5 Å². The molecule has 0 aromatic carbocycles. The number of halogens is 3. The summed E-state index contributed by atoms with van der Waals surface area (Å²) in [6.45, 7) is 1.75. The van der Waals surface area contributed by atoms with Crippen molar-refractivity contribution in [2.24, 2.45) is 5.92 Å². The highest BCUT2D eigenvalue weighted by atomic mass is 19.4. The normalized spacial score (nSPS) is 15.4. The maximum atomic E-state index is 13.0. The molecule has 0 unspecified atom stereocenters. The molecule has 150 valence electrons. The summed E-state index contributed by atoms with van der Waals surface area (Å²) < 4.78 is 45.5. The van der Waals surface area contributed by atoms with Crippen molar-refractivity contribution >= 4 is 11.5 Å². The van der Waals surface area contributed by atoms with Crippen molar-refractivity contribution in [1.29, 1.82) is 5.26 Å². The lowest BCUT2D eigenvalue weighted by Crippen LogP contribution is -2.36. The predicted octanol–water partition coefficient (Wildman–Crippen LogP) is 2.71. The van der Waals surface area contributed by atoms with E-state index in [1.807, 2.05) is 11.0 Å². The Morgan fingerprint density at radius 3 is 2.69 bits per heavy atom. The molecule has 1 aliphatic heterocycles. The van der Waals surface area contributed by atoms with Crippen molar-refractivity contribution in [3.8, 4) is 11.9 Å². The number of piperidine rings is 1. The topological polar surface area (TPSA) is 92.2 Å². The van der Waals surface area contributed by atoms with Gasteiger partial charge in [-0.25, -0.2) is 4.98 Å². The van der Waals surface area contributed by atoms with Crippen molar-refractivity contribution in [2.75, 3.05) is 24.6 Å². The second kappa shape index (κ2) is 7.54. The molecule has 1 fully saturated rings. The van der Waals surface area contributed by atoms with E-state index in [0.717, 1.165) is 17.4 Å². The van der Waals surface area contributed by atoms with Crippen molar-refractivity contribution in [3.05, 3.63) is 41.9 Å². The van der Waals surface area contributed by atoms with Crippen molar-refractivity contribution in [1.82, 2.24) is 24.8 Å². The molecular weight excluding hydrogens is 387 g/mol. The Bertz CT molecular complexity index is 1050. The maximum absolute atomic E-state index is 13.0. The highest BCUT2D eigenvalue weighted by Crippen LogP contribution is 2.28. The van der Waals surface area contributed by atoms with Crippen LogP contribution in [0.4, 0.5) is 19.0 Å². The molecule has 0 saturated carbocycles. The first-order valence-corrected chi connectivity index (χ1v) is 8.97. The number of nitriles is 1. The third kappa shape index (κ3) is 4.06. The van der Waals surface area contributed by atoms with Gasteiger partial charge >= 0.3 is 6.18 Å². The molecule has 0 spiro atoms. The summed E-state index contributed by atoms with van der Waals surface area (Å²) in [5.74, 6) is 0.00403. The van der Waals surface area contributed by atoms with E-state index in [1.165, 1.54) is 12.3 Å². The van der Waals surface area contributed by atoms with Gasteiger partial charge in [-0.3, -0.25) is 0 Å². The van der Waals surface area contributed by atoms with Gasteiger partial charge in [-0.2, -0.15) is 22.9 Å². The number of rotatable bonds is 4. The van der Waals surface area contributed by atoms with Gasteiger partial charge in [0.25, 0.3) is 5.82 Å². The lowest BCUT2D eigenvalue weighted by molar-refractivity contribution is -0.146. The van der Waals surface area contributed by atoms with Crippen LogP contribution in [0.15, 0.2) is 30.5 Å². The molecule has 0 amide bonds.